The summed E-state index contributed by atoms with van der Waals surface area (Å²) in [5, 5.41) is 3.64. The minimum Gasteiger partial charge on any atom is -0.494 e. The predicted molar refractivity (Wildman–Crippen MR) is 97.8 cm³/mol. The fourth-order valence-electron chi connectivity index (χ4n) is 2.67. The maximum absolute atomic E-state index is 5.79. The van der Waals surface area contributed by atoms with E-state index < -0.39 is 0 Å². The predicted octanol–water partition coefficient (Wildman–Crippen LogP) is 5.50. The van der Waals surface area contributed by atoms with Gasteiger partial charge in [-0.25, -0.2) is 0 Å². The van der Waals surface area contributed by atoms with Gasteiger partial charge in [0.1, 0.15) is 5.75 Å². The van der Waals surface area contributed by atoms with E-state index in [-0.39, 0.29) is 0 Å². The summed E-state index contributed by atoms with van der Waals surface area (Å²) in [6.07, 6.45) is 4.67. The molecule has 0 heterocycles. The lowest BCUT2D eigenvalue weighted by Gasteiger charge is -2.18. The van der Waals surface area contributed by atoms with E-state index in [4.69, 9.17) is 4.74 Å². The average Bonchev–Trinajstić information content (AvgIpc) is 2.61. The molecule has 0 saturated carbocycles. The highest BCUT2D eigenvalue weighted by molar-refractivity contribution is 5.29. The molecule has 124 valence electrons. The van der Waals surface area contributed by atoms with Crippen molar-refractivity contribution in [2.45, 2.75) is 52.1 Å². The zero-order valence-corrected chi connectivity index (χ0v) is 14.4. The largest absolute Gasteiger partial charge is 0.494 e. The zero-order chi connectivity index (χ0) is 16.3. The van der Waals surface area contributed by atoms with Gasteiger partial charge in [0.15, 0.2) is 0 Å². The summed E-state index contributed by atoms with van der Waals surface area (Å²) >= 11 is 0. The highest BCUT2D eigenvalue weighted by Gasteiger charge is 2.08. The Kier molecular flexibility index (Phi) is 7.68. The van der Waals surface area contributed by atoms with E-state index in [9.17, 15) is 0 Å². The third-order valence-electron chi connectivity index (χ3n) is 4.10. The Morgan fingerprint density at radius 3 is 2.30 bits per heavy atom. The van der Waals surface area contributed by atoms with Crippen LogP contribution in [-0.2, 0) is 6.54 Å². The van der Waals surface area contributed by atoms with Crippen LogP contribution in [-0.4, -0.2) is 6.61 Å². The molecule has 0 amide bonds. The first-order valence-electron chi connectivity index (χ1n) is 8.83. The lowest BCUT2D eigenvalue weighted by Crippen LogP contribution is -2.20. The van der Waals surface area contributed by atoms with Crippen LogP contribution in [0.1, 0.15) is 56.7 Å². The molecular formula is C21H29NO. The van der Waals surface area contributed by atoms with Crippen LogP contribution in [0.4, 0.5) is 0 Å². The van der Waals surface area contributed by atoms with Crippen LogP contribution in [0.25, 0.3) is 0 Å². The van der Waals surface area contributed by atoms with Gasteiger partial charge >= 0.3 is 0 Å². The minimum atomic E-state index is 0.379. The number of ether oxygens (including phenoxy) is 1. The quantitative estimate of drug-likeness (QED) is 0.585. The minimum absolute atomic E-state index is 0.379. The van der Waals surface area contributed by atoms with E-state index >= 15 is 0 Å². The number of benzene rings is 2. The maximum atomic E-state index is 5.79. The molecule has 1 unspecified atom stereocenters. The number of hydrogen-bond acceptors (Lipinski definition) is 2. The van der Waals surface area contributed by atoms with Crippen molar-refractivity contribution in [2.24, 2.45) is 0 Å². The van der Waals surface area contributed by atoms with E-state index in [0.717, 1.165) is 31.7 Å². The molecule has 0 aliphatic carbocycles. The van der Waals surface area contributed by atoms with E-state index in [1.54, 1.807) is 0 Å². The first-order chi connectivity index (χ1) is 11.3. The number of unbranched alkanes of at least 4 members (excludes halogenated alkanes) is 2. The molecule has 0 saturated heterocycles. The fraction of sp³-hybridized carbons (Fsp3) is 0.429. The Morgan fingerprint density at radius 1 is 0.913 bits per heavy atom. The second-order valence-corrected chi connectivity index (χ2v) is 5.95. The smallest absolute Gasteiger partial charge is 0.119 e. The van der Waals surface area contributed by atoms with Gasteiger partial charge < -0.3 is 10.1 Å². The molecule has 0 spiro atoms. The van der Waals surface area contributed by atoms with Crippen molar-refractivity contribution >= 4 is 0 Å². The van der Waals surface area contributed by atoms with Crippen LogP contribution in [0, 0.1) is 0 Å². The van der Waals surface area contributed by atoms with E-state index in [1.807, 2.05) is 0 Å². The van der Waals surface area contributed by atoms with Crippen molar-refractivity contribution in [1.29, 1.82) is 0 Å². The highest BCUT2D eigenvalue weighted by Crippen LogP contribution is 2.21. The SMILES string of the molecule is CCCCCOc1ccc(C(CC)NCc2ccccc2)cc1. The van der Waals surface area contributed by atoms with Crippen molar-refractivity contribution in [1.82, 2.24) is 5.32 Å². The van der Waals surface area contributed by atoms with Gasteiger partial charge in [0.05, 0.1) is 6.61 Å². The van der Waals surface area contributed by atoms with Crippen molar-refractivity contribution in [3.63, 3.8) is 0 Å². The molecule has 23 heavy (non-hydrogen) atoms. The lowest BCUT2D eigenvalue weighted by molar-refractivity contribution is 0.306. The second kappa shape index (κ2) is 10.1. The van der Waals surface area contributed by atoms with Gasteiger partial charge in [-0.2, -0.15) is 0 Å². The van der Waals surface area contributed by atoms with Crippen molar-refractivity contribution in [2.75, 3.05) is 6.61 Å². The Hall–Kier alpha value is -1.80. The molecule has 2 nitrogen and oxygen atoms in total. The van der Waals surface area contributed by atoms with Crippen LogP contribution >= 0.6 is 0 Å². The molecule has 0 aliphatic rings. The summed E-state index contributed by atoms with van der Waals surface area (Å²) < 4.78 is 5.79. The van der Waals surface area contributed by atoms with Gasteiger partial charge in [-0.05, 0) is 36.1 Å². The fourth-order valence-corrected chi connectivity index (χ4v) is 2.67. The van der Waals surface area contributed by atoms with Crippen LogP contribution in [0.15, 0.2) is 54.6 Å². The normalized spacial score (nSPS) is 12.1. The van der Waals surface area contributed by atoms with Crippen LogP contribution in [0.3, 0.4) is 0 Å². The molecule has 0 aliphatic heterocycles. The molecule has 2 aromatic rings. The van der Waals surface area contributed by atoms with Gasteiger partial charge in [0.25, 0.3) is 0 Å². The Balaban J connectivity index is 1.85. The molecule has 0 aromatic heterocycles. The molecule has 2 rings (SSSR count). The summed E-state index contributed by atoms with van der Waals surface area (Å²) in [6, 6.07) is 19.5. The molecule has 2 heteroatoms. The third kappa shape index (κ3) is 6.07. The molecule has 0 radical (unpaired) electrons. The topological polar surface area (TPSA) is 21.3 Å². The van der Waals surface area contributed by atoms with Crippen LogP contribution < -0.4 is 10.1 Å². The molecule has 1 N–H and O–H groups in total. The number of nitrogens with one attached hydrogen (secondary N) is 1. The van der Waals surface area contributed by atoms with Gasteiger partial charge in [-0.3, -0.25) is 0 Å². The monoisotopic (exact) mass is 311 g/mol. The molecular weight excluding hydrogens is 282 g/mol. The summed E-state index contributed by atoms with van der Waals surface area (Å²) in [6.45, 7) is 6.14. The average molecular weight is 311 g/mol. The van der Waals surface area contributed by atoms with E-state index in [0.29, 0.717) is 6.04 Å². The summed E-state index contributed by atoms with van der Waals surface area (Å²) in [7, 11) is 0. The highest BCUT2D eigenvalue weighted by atomic mass is 16.5. The van der Waals surface area contributed by atoms with Gasteiger partial charge in [-0.15, -0.1) is 0 Å². The van der Waals surface area contributed by atoms with Crippen molar-refractivity contribution in [3.8, 4) is 5.75 Å². The maximum Gasteiger partial charge on any atom is 0.119 e. The molecule has 0 fully saturated rings. The molecule has 1 atom stereocenters. The van der Waals surface area contributed by atoms with Crippen molar-refractivity contribution < 1.29 is 4.74 Å². The van der Waals surface area contributed by atoms with Gasteiger partial charge in [0.2, 0.25) is 0 Å². The van der Waals surface area contributed by atoms with E-state index in [2.05, 4.69) is 73.8 Å². The first kappa shape index (κ1) is 17.6. The summed E-state index contributed by atoms with van der Waals surface area (Å²) in [5.41, 5.74) is 2.64. The Labute approximate surface area is 140 Å². The zero-order valence-electron chi connectivity index (χ0n) is 14.4. The Bertz CT molecular complexity index is 536. The summed E-state index contributed by atoms with van der Waals surface area (Å²) in [5.74, 6) is 0.975. The first-order valence-corrected chi connectivity index (χ1v) is 8.83. The second-order valence-electron chi connectivity index (χ2n) is 5.95. The van der Waals surface area contributed by atoms with Crippen molar-refractivity contribution in [3.05, 3.63) is 65.7 Å². The molecule has 0 bridgehead atoms. The van der Waals surface area contributed by atoms with Gasteiger partial charge in [-0.1, -0.05) is 69.2 Å². The van der Waals surface area contributed by atoms with E-state index in [1.165, 1.54) is 24.0 Å². The van der Waals surface area contributed by atoms with Crippen LogP contribution in [0.2, 0.25) is 0 Å². The molecule has 2 aromatic carbocycles. The third-order valence-corrected chi connectivity index (χ3v) is 4.10. The summed E-state index contributed by atoms with van der Waals surface area (Å²) in [4.78, 5) is 0. The number of hydrogen-bond donors (Lipinski definition) is 1. The number of rotatable bonds is 10. The van der Waals surface area contributed by atoms with Gasteiger partial charge in [0, 0.05) is 12.6 Å². The van der Waals surface area contributed by atoms with Crippen LogP contribution in [0.5, 0.6) is 5.75 Å². The lowest BCUT2D eigenvalue weighted by atomic mass is 10.0. The standard InChI is InChI=1S/C21H29NO/c1-3-5-9-16-23-20-14-12-19(13-15-20)21(4-2)22-17-18-10-7-6-8-11-18/h6-8,10-15,21-22H,3-5,9,16-17H2,1-2H3. The Morgan fingerprint density at radius 2 is 1.65 bits per heavy atom.